The van der Waals surface area contributed by atoms with Gasteiger partial charge in [-0.05, 0) is 78.4 Å². The normalized spacial score (nSPS) is 14.3. The summed E-state index contributed by atoms with van der Waals surface area (Å²) in [7, 11) is 1.49. The van der Waals surface area contributed by atoms with Gasteiger partial charge in [0.25, 0.3) is 0 Å². The van der Waals surface area contributed by atoms with E-state index in [9.17, 15) is 22.8 Å². The number of anilines is 2. The maximum Gasteiger partial charge on any atom is 0.573 e. The zero-order chi connectivity index (χ0) is 33.0. The Bertz CT molecular complexity index is 1770. The number of hydrogen-bond donors (Lipinski definition) is 1. The minimum absolute atomic E-state index is 0.140. The van der Waals surface area contributed by atoms with E-state index in [-0.39, 0.29) is 23.3 Å². The lowest BCUT2D eigenvalue weighted by Crippen LogP contribution is -2.31. The number of alkyl halides is 3. The molecule has 3 amide bonds. The molecule has 14 heteroatoms. The third-order valence-corrected chi connectivity index (χ3v) is 7.95. The quantitative estimate of drug-likeness (QED) is 0.206. The smallest absolute Gasteiger partial charge is 0.495 e. The van der Waals surface area contributed by atoms with Gasteiger partial charge < -0.3 is 14.8 Å². The van der Waals surface area contributed by atoms with Crippen LogP contribution in [0.25, 0.3) is 5.69 Å². The first-order valence-electron chi connectivity index (χ1n) is 14.3. The average Bonchev–Trinajstić information content (AvgIpc) is 3.62. The zero-order valence-electron chi connectivity index (χ0n) is 25.5. The molecule has 1 fully saturated rings. The first-order valence-corrected chi connectivity index (χ1v) is 15.3. The van der Waals surface area contributed by atoms with E-state index in [1.807, 2.05) is 45.0 Å². The topological polar surface area (TPSA) is 111 Å². The summed E-state index contributed by atoms with van der Waals surface area (Å²) in [6.45, 7) is 6.05. The molecule has 4 aromatic rings. The van der Waals surface area contributed by atoms with Crippen molar-refractivity contribution in [3.8, 4) is 17.2 Å². The van der Waals surface area contributed by atoms with Crippen molar-refractivity contribution < 1.29 is 32.2 Å². The molecule has 0 spiro atoms. The van der Waals surface area contributed by atoms with Gasteiger partial charge in [-0.2, -0.15) is 10.1 Å². The minimum atomic E-state index is -4.76. The number of urea groups is 1. The van der Waals surface area contributed by atoms with Crippen LogP contribution >= 0.6 is 11.8 Å². The number of nitrogens with zero attached hydrogens (tertiary/aromatic N) is 5. The Morgan fingerprint density at radius 2 is 1.85 bits per heavy atom. The molecule has 10 nitrogen and oxygen atoms in total. The summed E-state index contributed by atoms with van der Waals surface area (Å²) in [5.74, 6) is 0.851. The Hall–Kier alpha value is -4.85. The number of aromatic nitrogens is 3. The molecule has 0 radical (unpaired) electrons. The molecule has 1 aromatic heterocycles. The highest BCUT2D eigenvalue weighted by molar-refractivity contribution is 8.15. The van der Waals surface area contributed by atoms with Crippen molar-refractivity contribution in [2.45, 2.75) is 45.9 Å². The summed E-state index contributed by atoms with van der Waals surface area (Å²) in [5, 5.41) is 7.48. The van der Waals surface area contributed by atoms with E-state index in [0.29, 0.717) is 41.0 Å². The van der Waals surface area contributed by atoms with Crippen LogP contribution in [-0.4, -0.2) is 51.1 Å². The van der Waals surface area contributed by atoms with E-state index in [4.69, 9.17) is 4.74 Å². The number of ether oxygens (including phenoxy) is 2. The number of amidine groups is 1. The van der Waals surface area contributed by atoms with Gasteiger partial charge in [0.1, 0.15) is 17.8 Å². The van der Waals surface area contributed by atoms with Crippen LogP contribution in [-0.2, 0) is 17.6 Å². The van der Waals surface area contributed by atoms with Crippen LogP contribution in [0, 0.1) is 6.92 Å². The Balaban J connectivity index is 1.24. The number of benzene rings is 3. The summed E-state index contributed by atoms with van der Waals surface area (Å²) >= 11 is 1.21. The summed E-state index contributed by atoms with van der Waals surface area (Å²) in [5.41, 5.74) is 4.56. The molecule has 5 rings (SSSR count). The fraction of sp³-hybridized carbons (Fsp3) is 0.281. The van der Waals surface area contributed by atoms with E-state index in [2.05, 4.69) is 25.1 Å². The molecule has 1 aliphatic heterocycles. The van der Waals surface area contributed by atoms with E-state index in [0.717, 1.165) is 22.4 Å². The maximum atomic E-state index is 13.0. The molecule has 1 saturated heterocycles. The monoisotopic (exact) mass is 652 g/mol. The van der Waals surface area contributed by atoms with Crippen molar-refractivity contribution in [1.82, 2.24) is 14.8 Å². The lowest BCUT2D eigenvalue weighted by molar-refractivity contribution is -0.274. The van der Waals surface area contributed by atoms with Gasteiger partial charge in [0.05, 0.1) is 29.9 Å². The lowest BCUT2D eigenvalue weighted by Gasteiger charge is -2.22. The molecule has 1 N–H and O–H groups in total. The van der Waals surface area contributed by atoms with Crippen molar-refractivity contribution in [1.29, 1.82) is 0 Å². The summed E-state index contributed by atoms with van der Waals surface area (Å²) in [6.07, 6.45) is -2.25. The second kappa shape index (κ2) is 13.6. The fourth-order valence-corrected chi connectivity index (χ4v) is 5.69. The van der Waals surface area contributed by atoms with Crippen LogP contribution in [0.15, 0.2) is 72.0 Å². The average molecular weight is 653 g/mol. The Labute approximate surface area is 267 Å². The fourth-order valence-electron chi connectivity index (χ4n) is 4.83. The zero-order valence-corrected chi connectivity index (χ0v) is 26.3. The van der Waals surface area contributed by atoms with Gasteiger partial charge in [-0.15, -0.1) is 13.2 Å². The van der Waals surface area contributed by atoms with Gasteiger partial charge in [0.2, 0.25) is 5.91 Å². The molecule has 0 unspecified atom stereocenters. The summed E-state index contributed by atoms with van der Waals surface area (Å²) < 4.78 is 48.1. The molecule has 0 bridgehead atoms. The first kappa shape index (κ1) is 32.5. The Morgan fingerprint density at radius 1 is 1.09 bits per heavy atom. The van der Waals surface area contributed by atoms with E-state index < -0.39 is 12.4 Å². The van der Waals surface area contributed by atoms with Gasteiger partial charge in [-0.1, -0.05) is 43.8 Å². The lowest BCUT2D eigenvalue weighted by atomic mass is 9.99. The van der Waals surface area contributed by atoms with Crippen LogP contribution in [0.1, 0.15) is 42.3 Å². The van der Waals surface area contributed by atoms with Crippen LogP contribution in [0.2, 0.25) is 0 Å². The molecule has 0 saturated carbocycles. The highest BCUT2D eigenvalue weighted by Gasteiger charge is 2.33. The van der Waals surface area contributed by atoms with E-state index in [1.165, 1.54) is 59.0 Å². The van der Waals surface area contributed by atoms with Crippen molar-refractivity contribution >= 4 is 40.2 Å². The van der Waals surface area contributed by atoms with Gasteiger partial charge in [-0.25, -0.2) is 14.5 Å². The summed E-state index contributed by atoms with van der Waals surface area (Å²) in [4.78, 5) is 35.9. The van der Waals surface area contributed by atoms with Crippen LogP contribution in [0.4, 0.5) is 29.3 Å². The largest absolute Gasteiger partial charge is 0.573 e. The third-order valence-electron chi connectivity index (χ3n) is 7.03. The number of thioether (sulfide) groups is 1. The Kier molecular flexibility index (Phi) is 9.65. The van der Waals surface area contributed by atoms with Crippen LogP contribution in [0.3, 0.4) is 0 Å². The number of aliphatic imine (C=N–C) groups is 1. The van der Waals surface area contributed by atoms with Gasteiger partial charge in [-0.3, -0.25) is 9.69 Å². The number of aryl methyl sites for hydroxylation is 3. The van der Waals surface area contributed by atoms with Crippen molar-refractivity contribution in [2.24, 2.45) is 4.99 Å². The summed E-state index contributed by atoms with van der Waals surface area (Å²) in [6, 6.07) is 15.9. The molecular weight excluding hydrogens is 621 g/mol. The number of carbonyl (C=O) groups is 2. The van der Waals surface area contributed by atoms with E-state index >= 15 is 0 Å². The predicted molar refractivity (Wildman–Crippen MR) is 170 cm³/mol. The maximum absolute atomic E-state index is 13.0. The van der Waals surface area contributed by atoms with Crippen LogP contribution < -0.4 is 19.7 Å². The second-order valence-electron chi connectivity index (χ2n) is 10.7. The molecule has 240 valence electrons. The number of nitrogens with one attached hydrogen (secondary N) is 1. The standard InChI is InChI=1S/C32H31F3N6O4S/c1-19(2)24-12-5-20(3)15-26(24)41-29(42)17-46-31(41)38-30(43)37-25-13-6-21(16-27(25)44-4)7-14-28-36-18-40(39-28)22-8-10-23(11-9-22)45-32(33,34)35/h5-6,8-13,15-16,18-19H,7,14,17H2,1-4H3,(H,37,43)/b38-31-. The van der Waals surface area contributed by atoms with Gasteiger partial charge in [0, 0.05) is 6.42 Å². The van der Waals surface area contributed by atoms with Crippen molar-refractivity contribution in [3.05, 3.63) is 89.5 Å². The highest BCUT2D eigenvalue weighted by Crippen LogP contribution is 2.34. The molecule has 3 aromatic carbocycles. The number of rotatable bonds is 9. The SMILES string of the molecule is COc1cc(CCc2ncn(-c3ccc(OC(F)(F)F)cc3)n2)ccc1NC(=O)/N=C1\SCC(=O)N1c1cc(C)ccc1C(C)C. The van der Waals surface area contributed by atoms with Crippen molar-refractivity contribution in [2.75, 3.05) is 23.1 Å². The van der Waals surface area contributed by atoms with Gasteiger partial charge in [0.15, 0.2) is 11.0 Å². The Morgan fingerprint density at radius 3 is 2.54 bits per heavy atom. The number of carbonyl (C=O) groups excluding carboxylic acids is 2. The second-order valence-corrected chi connectivity index (χ2v) is 11.7. The number of methoxy groups -OCH3 is 1. The van der Waals surface area contributed by atoms with E-state index in [1.54, 1.807) is 12.1 Å². The highest BCUT2D eigenvalue weighted by atomic mass is 32.2. The molecular formula is C32H31F3N6O4S. The predicted octanol–water partition coefficient (Wildman–Crippen LogP) is 7.06. The first-order chi connectivity index (χ1) is 21.9. The van der Waals surface area contributed by atoms with Crippen LogP contribution in [0.5, 0.6) is 11.5 Å². The number of hydrogen-bond acceptors (Lipinski definition) is 7. The minimum Gasteiger partial charge on any atom is -0.495 e. The number of halogens is 3. The molecule has 0 atom stereocenters. The third kappa shape index (κ3) is 7.86. The molecule has 2 heterocycles. The molecule has 1 aliphatic rings. The molecule has 0 aliphatic carbocycles. The van der Waals surface area contributed by atoms with Crippen molar-refractivity contribution in [3.63, 3.8) is 0 Å². The van der Waals surface area contributed by atoms with Gasteiger partial charge >= 0.3 is 12.4 Å². The number of amides is 3. The molecule has 46 heavy (non-hydrogen) atoms.